The molecule has 1 aromatic carbocycles. The van der Waals surface area contributed by atoms with E-state index in [1.165, 1.54) is 0 Å². The van der Waals surface area contributed by atoms with Crippen LogP contribution in [0.25, 0.3) is 0 Å². The molecule has 1 fully saturated rings. The molecule has 1 amide bonds. The van der Waals surface area contributed by atoms with Crippen LogP contribution in [0.5, 0.6) is 11.6 Å². The first kappa shape index (κ1) is 15.7. The van der Waals surface area contributed by atoms with Gasteiger partial charge in [0.15, 0.2) is 0 Å². The van der Waals surface area contributed by atoms with Crippen LogP contribution in [0.15, 0.2) is 41.3 Å². The van der Waals surface area contributed by atoms with Crippen molar-refractivity contribution in [2.45, 2.75) is 12.5 Å². The lowest BCUT2D eigenvalue weighted by Gasteiger charge is -2.18. The number of aromatic nitrogens is 2. The van der Waals surface area contributed by atoms with Gasteiger partial charge in [0.1, 0.15) is 11.9 Å². The van der Waals surface area contributed by atoms with Crippen molar-refractivity contribution in [3.63, 3.8) is 0 Å². The zero-order chi connectivity index (χ0) is 16.2. The van der Waals surface area contributed by atoms with E-state index in [1.807, 2.05) is 12.1 Å². The van der Waals surface area contributed by atoms with Crippen molar-refractivity contribution in [1.29, 1.82) is 0 Å². The van der Waals surface area contributed by atoms with Crippen molar-refractivity contribution in [1.82, 2.24) is 14.9 Å². The largest absolute Gasteiger partial charge is 0.497 e. The zero-order valence-electron chi connectivity index (χ0n) is 12.6. The molecule has 0 aliphatic carbocycles. The molecule has 23 heavy (non-hydrogen) atoms. The second-order valence-corrected chi connectivity index (χ2v) is 6.02. The van der Waals surface area contributed by atoms with Crippen LogP contribution in [0.1, 0.15) is 16.8 Å². The van der Waals surface area contributed by atoms with Crippen molar-refractivity contribution in [2.24, 2.45) is 0 Å². The Morgan fingerprint density at radius 1 is 1.39 bits per heavy atom. The first-order valence-electron chi connectivity index (χ1n) is 7.23. The van der Waals surface area contributed by atoms with Crippen molar-refractivity contribution >= 4 is 21.8 Å². The fourth-order valence-corrected chi connectivity index (χ4v) is 2.91. The highest BCUT2D eigenvalue weighted by Crippen LogP contribution is 2.26. The maximum absolute atomic E-state index is 12.7. The van der Waals surface area contributed by atoms with Gasteiger partial charge in [-0.3, -0.25) is 9.78 Å². The third kappa shape index (κ3) is 3.61. The standard InChI is InChI=1S/C16H16BrN3O3/c1-22-11-2-3-14(17)13(8-11)16(21)20-7-4-12(10-20)23-15-9-18-5-6-19-15/h2-3,5-6,8-9,12H,4,7,10H2,1H3. The lowest BCUT2D eigenvalue weighted by atomic mass is 10.2. The summed E-state index contributed by atoms with van der Waals surface area (Å²) in [4.78, 5) is 22.5. The quantitative estimate of drug-likeness (QED) is 0.818. The van der Waals surface area contributed by atoms with Gasteiger partial charge in [0, 0.05) is 29.8 Å². The van der Waals surface area contributed by atoms with Gasteiger partial charge >= 0.3 is 0 Å². The monoisotopic (exact) mass is 377 g/mol. The summed E-state index contributed by atoms with van der Waals surface area (Å²) in [6.07, 6.45) is 5.45. The summed E-state index contributed by atoms with van der Waals surface area (Å²) in [6.45, 7) is 1.17. The zero-order valence-corrected chi connectivity index (χ0v) is 14.2. The first-order chi connectivity index (χ1) is 11.2. The van der Waals surface area contributed by atoms with Gasteiger partial charge in [-0.15, -0.1) is 0 Å². The number of ether oxygens (including phenoxy) is 2. The molecular weight excluding hydrogens is 362 g/mol. The highest BCUT2D eigenvalue weighted by Gasteiger charge is 2.29. The van der Waals surface area contributed by atoms with Gasteiger partial charge in [-0.25, -0.2) is 4.98 Å². The molecule has 1 aromatic heterocycles. The van der Waals surface area contributed by atoms with Gasteiger partial charge in [0.25, 0.3) is 5.91 Å². The van der Waals surface area contributed by atoms with E-state index in [0.717, 1.165) is 10.9 Å². The lowest BCUT2D eigenvalue weighted by Crippen LogP contribution is -2.31. The molecular formula is C16H16BrN3O3. The van der Waals surface area contributed by atoms with Gasteiger partial charge in [0.05, 0.1) is 25.4 Å². The fraction of sp³-hybridized carbons (Fsp3) is 0.312. The van der Waals surface area contributed by atoms with Gasteiger partial charge < -0.3 is 14.4 Å². The topological polar surface area (TPSA) is 64.5 Å². The number of amides is 1. The molecule has 2 heterocycles. The minimum absolute atomic E-state index is 0.0407. The van der Waals surface area contributed by atoms with Crippen LogP contribution >= 0.6 is 15.9 Å². The fourth-order valence-electron chi connectivity index (χ4n) is 2.49. The molecule has 3 rings (SSSR count). The maximum Gasteiger partial charge on any atom is 0.255 e. The molecule has 1 saturated heterocycles. The van der Waals surface area contributed by atoms with Crippen LogP contribution < -0.4 is 9.47 Å². The highest BCUT2D eigenvalue weighted by molar-refractivity contribution is 9.10. The Balaban J connectivity index is 1.68. The number of benzene rings is 1. The number of likely N-dealkylation sites (tertiary alicyclic amines) is 1. The highest BCUT2D eigenvalue weighted by atomic mass is 79.9. The number of hydrogen-bond donors (Lipinski definition) is 0. The van der Waals surface area contributed by atoms with E-state index in [2.05, 4.69) is 25.9 Å². The Hall–Kier alpha value is -2.15. The number of halogens is 1. The molecule has 1 unspecified atom stereocenters. The van der Waals surface area contributed by atoms with Crippen LogP contribution in [0.4, 0.5) is 0 Å². The average Bonchev–Trinajstić information content (AvgIpc) is 3.04. The van der Waals surface area contributed by atoms with Crippen LogP contribution in [-0.4, -0.2) is 47.1 Å². The van der Waals surface area contributed by atoms with E-state index < -0.39 is 0 Å². The molecule has 1 atom stereocenters. The molecule has 0 bridgehead atoms. The molecule has 0 radical (unpaired) electrons. The van der Waals surface area contributed by atoms with E-state index >= 15 is 0 Å². The molecule has 1 aliphatic heterocycles. The van der Waals surface area contributed by atoms with Crippen molar-refractivity contribution in [3.8, 4) is 11.6 Å². The Morgan fingerprint density at radius 2 is 2.26 bits per heavy atom. The third-order valence-electron chi connectivity index (χ3n) is 3.66. The summed E-state index contributed by atoms with van der Waals surface area (Å²) in [5.74, 6) is 1.10. The summed E-state index contributed by atoms with van der Waals surface area (Å²) in [5.41, 5.74) is 0.588. The van der Waals surface area contributed by atoms with E-state index in [4.69, 9.17) is 9.47 Å². The number of rotatable bonds is 4. The molecule has 6 nitrogen and oxygen atoms in total. The summed E-state index contributed by atoms with van der Waals surface area (Å²) in [6, 6.07) is 5.36. The van der Waals surface area contributed by atoms with Gasteiger partial charge in [-0.05, 0) is 34.1 Å². The Morgan fingerprint density at radius 3 is 3.00 bits per heavy atom. The van der Waals surface area contributed by atoms with Gasteiger partial charge in [0.2, 0.25) is 5.88 Å². The van der Waals surface area contributed by atoms with Crippen molar-refractivity contribution in [3.05, 3.63) is 46.8 Å². The lowest BCUT2D eigenvalue weighted by molar-refractivity contribution is 0.0770. The summed E-state index contributed by atoms with van der Waals surface area (Å²) >= 11 is 3.42. The molecule has 0 saturated carbocycles. The van der Waals surface area contributed by atoms with E-state index in [9.17, 15) is 4.79 Å². The average molecular weight is 378 g/mol. The number of nitrogens with zero attached hydrogens (tertiary/aromatic N) is 3. The van der Waals surface area contributed by atoms with Gasteiger partial charge in [-0.1, -0.05) is 0 Å². The maximum atomic E-state index is 12.7. The van der Waals surface area contributed by atoms with Crippen LogP contribution in [0.3, 0.4) is 0 Å². The van der Waals surface area contributed by atoms with Gasteiger partial charge in [-0.2, -0.15) is 0 Å². The first-order valence-corrected chi connectivity index (χ1v) is 8.02. The second-order valence-electron chi connectivity index (χ2n) is 5.17. The van der Waals surface area contributed by atoms with E-state index in [-0.39, 0.29) is 12.0 Å². The minimum Gasteiger partial charge on any atom is -0.497 e. The number of carbonyl (C=O) groups excluding carboxylic acids is 1. The van der Waals surface area contributed by atoms with E-state index in [1.54, 1.807) is 36.7 Å². The molecule has 2 aromatic rings. The smallest absolute Gasteiger partial charge is 0.255 e. The number of methoxy groups -OCH3 is 1. The third-order valence-corrected chi connectivity index (χ3v) is 4.35. The summed E-state index contributed by atoms with van der Waals surface area (Å²) in [5, 5.41) is 0. The minimum atomic E-state index is -0.0694. The van der Waals surface area contributed by atoms with Crippen LogP contribution in [-0.2, 0) is 0 Å². The number of hydrogen-bond acceptors (Lipinski definition) is 5. The van der Waals surface area contributed by atoms with Crippen molar-refractivity contribution < 1.29 is 14.3 Å². The van der Waals surface area contributed by atoms with Crippen molar-refractivity contribution in [2.75, 3.05) is 20.2 Å². The Labute approximate surface area is 142 Å². The Kier molecular flexibility index (Phi) is 4.76. The summed E-state index contributed by atoms with van der Waals surface area (Å²) in [7, 11) is 1.58. The normalized spacial score (nSPS) is 17.1. The Bertz CT molecular complexity index is 696. The SMILES string of the molecule is COc1ccc(Br)c(C(=O)N2CCC(Oc3cnccn3)C2)c1. The predicted molar refractivity (Wildman–Crippen MR) is 87.7 cm³/mol. The van der Waals surface area contributed by atoms with Crippen LogP contribution in [0, 0.1) is 0 Å². The van der Waals surface area contributed by atoms with E-state index in [0.29, 0.717) is 30.3 Å². The summed E-state index contributed by atoms with van der Waals surface area (Å²) < 4.78 is 11.7. The second kappa shape index (κ2) is 6.95. The molecule has 0 N–H and O–H groups in total. The molecule has 7 heteroatoms. The molecule has 0 spiro atoms. The predicted octanol–water partition coefficient (Wildman–Crippen LogP) is 2.54. The number of carbonyl (C=O) groups is 1. The molecule has 120 valence electrons. The van der Waals surface area contributed by atoms with Crippen LogP contribution in [0.2, 0.25) is 0 Å². The molecule has 1 aliphatic rings.